The molecule has 0 aliphatic carbocycles. The Kier molecular flexibility index (Phi) is 6.60. The average molecular weight is 479 g/mol. The van der Waals surface area contributed by atoms with Crippen molar-refractivity contribution in [1.29, 1.82) is 0 Å². The molecule has 3 aromatic rings. The first-order valence-electron chi connectivity index (χ1n) is 10.2. The Balaban J connectivity index is 1.68. The fraction of sp³-hybridized carbons (Fsp3) is 0.120. The molecule has 0 N–H and O–H groups in total. The largest absolute Gasteiger partial charge is 0.493 e. The third-order valence-corrected chi connectivity index (χ3v) is 5.33. The van der Waals surface area contributed by atoms with Crippen molar-refractivity contribution in [2.75, 3.05) is 7.11 Å². The standard InChI is InChI=1S/C25H19ClN2O6/c1-15-5-3-6-16(11-15)14-33-23-17(7-4-8-22(23)32-2)12-21-25(29)34-24(27-21)19-13-18(28(30)31)9-10-20(19)26/h3-13H,14H2,1-2H3/b21-12-. The number of rotatable bonds is 7. The van der Waals surface area contributed by atoms with Crippen molar-refractivity contribution in [3.8, 4) is 11.5 Å². The molecule has 172 valence electrons. The van der Waals surface area contributed by atoms with E-state index in [2.05, 4.69) is 4.99 Å². The summed E-state index contributed by atoms with van der Waals surface area (Å²) in [5.74, 6) is 0.0863. The van der Waals surface area contributed by atoms with E-state index >= 15 is 0 Å². The van der Waals surface area contributed by atoms with Gasteiger partial charge in [0.25, 0.3) is 5.69 Å². The summed E-state index contributed by atoms with van der Waals surface area (Å²) in [5, 5.41) is 11.3. The van der Waals surface area contributed by atoms with Crippen LogP contribution in [0.3, 0.4) is 0 Å². The Morgan fingerprint density at radius 1 is 1.15 bits per heavy atom. The van der Waals surface area contributed by atoms with Gasteiger partial charge in [-0.15, -0.1) is 0 Å². The number of esters is 1. The number of hydrogen-bond donors (Lipinski definition) is 0. The van der Waals surface area contributed by atoms with Crippen LogP contribution in [0.1, 0.15) is 22.3 Å². The number of methoxy groups -OCH3 is 1. The summed E-state index contributed by atoms with van der Waals surface area (Å²) in [5.41, 5.74) is 2.58. The van der Waals surface area contributed by atoms with E-state index in [1.807, 2.05) is 31.2 Å². The van der Waals surface area contributed by atoms with Gasteiger partial charge in [0.1, 0.15) is 6.61 Å². The van der Waals surface area contributed by atoms with Crippen LogP contribution in [0.25, 0.3) is 6.08 Å². The molecular formula is C25H19ClN2O6. The van der Waals surface area contributed by atoms with Gasteiger partial charge in [0.05, 0.1) is 22.6 Å². The molecule has 0 unspecified atom stereocenters. The third-order valence-electron chi connectivity index (χ3n) is 5.00. The predicted molar refractivity (Wildman–Crippen MR) is 127 cm³/mol. The number of nitro benzene ring substituents is 1. The number of aliphatic imine (C=N–C) groups is 1. The quantitative estimate of drug-likeness (QED) is 0.193. The van der Waals surface area contributed by atoms with Crippen LogP contribution in [-0.2, 0) is 16.1 Å². The van der Waals surface area contributed by atoms with E-state index < -0.39 is 10.9 Å². The molecule has 9 heteroatoms. The lowest BCUT2D eigenvalue weighted by molar-refractivity contribution is -0.384. The maximum Gasteiger partial charge on any atom is 0.363 e. The van der Waals surface area contributed by atoms with Crippen LogP contribution in [0, 0.1) is 17.0 Å². The molecule has 0 saturated heterocycles. The van der Waals surface area contributed by atoms with Crippen molar-refractivity contribution < 1.29 is 23.9 Å². The maximum atomic E-state index is 12.5. The van der Waals surface area contributed by atoms with Crippen molar-refractivity contribution >= 4 is 35.2 Å². The topological polar surface area (TPSA) is 100 Å². The van der Waals surface area contributed by atoms with Crippen LogP contribution in [-0.4, -0.2) is 23.9 Å². The van der Waals surface area contributed by atoms with Crippen LogP contribution < -0.4 is 9.47 Å². The lowest BCUT2D eigenvalue weighted by Crippen LogP contribution is -2.06. The first-order chi connectivity index (χ1) is 16.4. The highest BCUT2D eigenvalue weighted by atomic mass is 35.5. The summed E-state index contributed by atoms with van der Waals surface area (Å²) in [6.45, 7) is 2.29. The summed E-state index contributed by atoms with van der Waals surface area (Å²) in [7, 11) is 1.52. The molecule has 0 atom stereocenters. The molecule has 1 heterocycles. The number of cyclic esters (lactones) is 1. The van der Waals surface area contributed by atoms with Crippen molar-refractivity contribution in [3.63, 3.8) is 0 Å². The van der Waals surface area contributed by atoms with E-state index in [1.54, 1.807) is 18.2 Å². The number of para-hydroxylation sites is 1. The lowest BCUT2D eigenvalue weighted by Gasteiger charge is -2.14. The van der Waals surface area contributed by atoms with Crippen LogP contribution in [0.2, 0.25) is 5.02 Å². The van der Waals surface area contributed by atoms with Gasteiger partial charge in [-0.1, -0.05) is 53.6 Å². The molecule has 0 spiro atoms. The van der Waals surface area contributed by atoms with E-state index in [4.69, 9.17) is 25.8 Å². The molecular weight excluding hydrogens is 460 g/mol. The monoisotopic (exact) mass is 478 g/mol. The molecule has 34 heavy (non-hydrogen) atoms. The number of nitro groups is 1. The molecule has 0 radical (unpaired) electrons. The normalized spacial score (nSPS) is 14.0. The maximum absolute atomic E-state index is 12.5. The van der Waals surface area contributed by atoms with Gasteiger partial charge < -0.3 is 14.2 Å². The molecule has 0 bridgehead atoms. The third kappa shape index (κ3) is 4.92. The second kappa shape index (κ2) is 9.76. The van der Waals surface area contributed by atoms with Gasteiger partial charge in [0.15, 0.2) is 17.2 Å². The second-order valence-electron chi connectivity index (χ2n) is 7.41. The number of carbonyl (C=O) groups is 1. The Morgan fingerprint density at radius 3 is 2.68 bits per heavy atom. The Bertz CT molecular complexity index is 1350. The summed E-state index contributed by atoms with van der Waals surface area (Å²) in [6.07, 6.45) is 1.51. The van der Waals surface area contributed by atoms with E-state index in [9.17, 15) is 14.9 Å². The Hall–Kier alpha value is -4.17. The van der Waals surface area contributed by atoms with Crippen molar-refractivity contribution in [3.05, 3.63) is 104 Å². The highest BCUT2D eigenvalue weighted by molar-refractivity contribution is 6.34. The molecule has 4 rings (SSSR count). The summed E-state index contributed by atoms with van der Waals surface area (Å²) in [6, 6.07) is 17.0. The van der Waals surface area contributed by atoms with Gasteiger partial charge in [0.2, 0.25) is 5.90 Å². The zero-order chi connectivity index (χ0) is 24.2. The first kappa shape index (κ1) is 23.0. The number of nitrogens with zero attached hydrogens (tertiary/aromatic N) is 2. The lowest BCUT2D eigenvalue weighted by atomic mass is 10.1. The second-order valence-corrected chi connectivity index (χ2v) is 7.82. The minimum atomic E-state index is -0.718. The van der Waals surface area contributed by atoms with E-state index in [0.29, 0.717) is 23.7 Å². The zero-order valence-corrected chi connectivity index (χ0v) is 19.0. The Labute approximate surface area is 200 Å². The molecule has 3 aromatic carbocycles. The average Bonchev–Trinajstić information content (AvgIpc) is 3.18. The predicted octanol–water partition coefficient (Wildman–Crippen LogP) is 5.49. The van der Waals surface area contributed by atoms with Crippen LogP contribution in [0.15, 0.2) is 71.4 Å². The molecule has 1 aliphatic rings. The SMILES string of the molecule is COc1cccc(/C=C2\N=C(c3cc([N+](=O)[O-])ccc3Cl)OC2=O)c1OCc1cccc(C)c1. The fourth-order valence-electron chi connectivity index (χ4n) is 3.38. The molecule has 0 fully saturated rings. The number of carbonyl (C=O) groups excluding carboxylic acids is 1. The number of non-ortho nitro benzene ring substituents is 1. The van der Waals surface area contributed by atoms with Crippen molar-refractivity contribution in [2.45, 2.75) is 13.5 Å². The number of aryl methyl sites for hydroxylation is 1. The van der Waals surface area contributed by atoms with Crippen LogP contribution in [0.5, 0.6) is 11.5 Å². The van der Waals surface area contributed by atoms with Crippen molar-refractivity contribution in [1.82, 2.24) is 0 Å². The minimum absolute atomic E-state index is 0.00812. The highest BCUT2D eigenvalue weighted by Gasteiger charge is 2.27. The number of halogens is 1. The molecule has 0 amide bonds. The fourth-order valence-corrected chi connectivity index (χ4v) is 3.58. The molecule has 8 nitrogen and oxygen atoms in total. The minimum Gasteiger partial charge on any atom is -0.493 e. The summed E-state index contributed by atoms with van der Waals surface area (Å²) >= 11 is 6.16. The van der Waals surface area contributed by atoms with E-state index in [0.717, 1.165) is 11.1 Å². The smallest absolute Gasteiger partial charge is 0.363 e. The summed E-state index contributed by atoms with van der Waals surface area (Å²) < 4.78 is 16.7. The van der Waals surface area contributed by atoms with Crippen LogP contribution >= 0.6 is 11.6 Å². The van der Waals surface area contributed by atoms with E-state index in [1.165, 1.54) is 31.4 Å². The highest BCUT2D eigenvalue weighted by Crippen LogP contribution is 2.35. The molecule has 0 saturated carbocycles. The van der Waals surface area contributed by atoms with Gasteiger partial charge in [-0.05, 0) is 30.7 Å². The zero-order valence-electron chi connectivity index (χ0n) is 18.3. The number of benzene rings is 3. The van der Waals surface area contributed by atoms with Gasteiger partial charge in [-0.2, -0.15) is 0 Å². The number of hydrogen-bond acceptors (Lipinski definition) is 7. The van der Waals surface area contributed by atoms with E-state index in [-0.39, 0.29) is 27.9 Å². The van der Waals surface area contributed by atoms with Gasteiger partial charge in [0, 0.05) is 17.7 Å². The number of ether oxygens (including phenoxy) is 3. The van der Waals surface area contributed by atoms with Crippen molar-refractivity contribution in [2.24, 2.45) is 4.99 Å². The van der Waals surface area contributed by atoms with Gasteiger partial charge in [-0.3, -0.25) is 10.1 Å². The Morgan fingerprint density at radius 2 is 1.94 bits per heavy atom. The first-order valence-corrected chi connectivity index (χ1v) is 10.6. The molecule has 1 aliphatic heterocycles. The van der Waals surface area contributed by atoms with Gasteiger partial charge in [-0.25, -0.2) is 9.79 Å². The van der Waals surface area contributed by atoms with Gasteiger partial charge >= 0.3 is 5.97 Å². The molecule has 0 aromatic heterocycles. The summed E-state index contributed by atoms with van der Waals surface area (Å²) in [4.78, 5) is 27.3. The van der Waals surface area contributed by atoms with Crippen LogP contribution in [0.4, 0.5) is 5.69 Å².